The summed E-state index contributed by atoms with van der Waals surface area (Å²) in [6.45, 7) is 3.28. The molecule has 1 N–H and O–H groups in total. The molecule has 2 nitrogen and oxygen atoms in total. The van der Waals surface area contributed by atoms with Gasteiger partial charge in [-0.15, -0.1) is 11.3 Å². The molecule has 0 spiro atoms. The first-order valence-corrected chi connectivity index (χ1v) is 8.08. The van der Waals surface area contributed by atoms with Gasteiger partial charge in [0.05, 0.1) is 7.11 Å². The van der Waals surface area contributed by atoms with Crippen molar-refractivity contribution in [3.63, 3.8) is 0 Å². The summed E-state index contributed by atoms with van der Waals surface area (Å²) < 4.78 is 5.31. The predicted molar refractivity (Wildman–Crippen MR) is 86.8 cm³/mol. The summed E-state index contributed by atoms with van der Waals surface area (Å²) in [4.78, 5) is 1.45. The molecule has 0 aliphatic rings. The van der Waals surface area contributed by atoms with Crippen LogP contribution < -0.4 is 10.1 Å². The van der Waals surface area contributed by atoms with Crippen LogP contribution in [0.1, 0.15) is 23.8 Å². The molecular formula is C17H23NOS. The molecule has 0 saturated carbocycles. The van der Waals surface area contributed by atoms with Crippen molar-refractivity contribution < 1.29 is 4.74 Å². The minimum atomic E-state index is 0.487. The van der Waals surface area contributed by atoms with Crippen LogP contribution in [0.15, 0.2) is 41.8 Å². The Morgan fingerprint density at radius 2 is 2.10 bits per heavy atom. The first kappa shape index (κ1) is 15.1. The molecule has 1 atom stereocenters. The van der Waals surface area contributed by atoms with E-state index < -0.39 is 0 Å². The van der Waals surface area contributed by atoms with Crippen LogP contribution in [0.5, 0.6) is 5.75 Å². The maximum absolute atomic E-state index is 5.31. The molecule has 1 unspecified atom stereocenters. The van der Waals surface area contributed by atoms with E-state index in [1.165, 1.54) is 16.9 Å². The lowest BCUT2D eigenvalue weighted by atomic mass is 10.0. The van der Waals surface area contributed by atoms with Gasteiger partial charge >= 0.3 is 0 Å². The SMILES string of the molecule is CCCNC(Cc1cccc(OC)c1)Cc1cccs1. The van der Waals surface area contributed by atoms with Crippen molar-refractivity contribution in [1.82, 2.24) is 5.32 Å². The largest absolute Gasteiger partial charge is 0.497 e. The molecule has 0 radical (unpaired) electrons. The number of rotatable bonds is 8. The van der Waals surface area contributed by atoms with E-state index in [0.717, 1.165) is 25.1 Å². The van der Waals surface area contributed by atoms with E-state index in [1.807, 2.05) is 17.4 Å². The van der Waals surface area contributed by atoms with Crippen LogP contribution >= 0.6 is 11.3 Å². The van der Waals surface area contributed by atoms with E-state index >= 15 is 0 Å². The lowest BCUT2D eigenvalue weighted by molar-refractivity contribution is 0.413. The fourth-order valence-electron chi connectivity index (χ4n) is 2.32. The van der Waals surface area contributed by atoms with E-state index in [1.54, 1.807) is 7.11 Å². The zero-order valence-corrected chi connectivity index (χ0v) is 13.1. The first-order valence-electron chi connectivity index (χ1n) is 7.20. The highest BCUT2D eigenvalue weighted by atomic mass is 32.1. The van der Waals surface area contributed by atoms with Crippen molar-refractivity contribution in [2.45, 2.75) is 32.2 Å². The summed E-state index contributed by atoms with van der Waals surface area (Å²) in [5, 5.41) is 5.81. The molecule has 0 aliphatic heterocycles. The molecule has 2 aromatic rings. The van der Waals surface area contributed by atoms with Gasteiger partial charge in [-0.2, -0.15) is 0 Å². The van der Waals surface area contributed by atoms with Gasteiger partial charge in [0.25, 0.3) is 0 Å². The topological polar surface area (TPSA) is 21.3 Å². The molecule has 0 bridgehead atoms. The Hall–Kier alpha value is -1.32. The molecule has 0 amide bonds. The molecular weight excluding hydrogens is 266 g/mol. The summed E-state index contributed by atoms with van der Waals surface area (Å²) in [5.74, 6) is 0.938. The van der Waals surface area contributed by atoms with Gasteiger partial charge < -0.3 is 10.1 Å². The van der Waals surface area contributed by atoms with Gasteiger partial charge in [0.2, 0.25) is 0 Å². The summed E-state index contributed by atoms with van der Waals surface area (Å²) in [6, 6.07) is 13.2. The van der Waals surface area contributed by atoms with Crippen molar-refractivity contribution in [3.8, 4) is 5.75 Å². The number of nitrogens with one attached hydrogen (secondary N) is 1. The maximum Gasteiger partial charge on any atom is 0.119 e. The Labute approximate surface area is 125 Å². The lowest BCUT2D eigenvalue weighted by Crippen LogP contribution is -2.33. The van der Waals surface area contributed by atoms with Crippen molar-refractivity contribution in [1.29, 1.82) is 0 Å². The van der Waals surface area contributed by atoms with Crippen LogP contribution in [0, 0.1) is 0 Å². The minimum absolute atomic E-state index is 0.487. The van der Waals surface area contributed by atoms with Crippen LogP contribution in [-0.2, 0) is 12.8 Å². The average molecular weight is 289 g/mol. The second-order valence-corrected chi connectivity index (χ2v) is 6.02. The third-order valence-corrected chi connectivity index (χ3v) is 4.23. The number of thiophene rings is 1. The molecule has 1 aromatic heterocycles. The second kappa shape index (κ2) is 8.08. The van der Waals surface area contributed by atoms with E-state index in [-0.39, 0.29) is 0 Å². The standard InChI is InChI=1S/C17H23NOS/c1-3-9-18-15(13-17-8-5-10-20-17)11-14-6-4-7-16(12-14)19-2/h4-8,10,12,15,18H,3,9,11,13H2,1-2H3. The molecule has 2 rings (SSSR count). The van der Waals surface area contributed by atoms with E-state index in [2.05, 4.69) is 48.0 Å². The van der Waals surface area contributed by atoms with Crippen LogP contribution in [0.4, 0.5) is 0 Å². The van der Waals surface area contributed by atoms with Crippen molar-refractivity contribution >= 4 is 11.3 Å². The highest BCUT2D eigenvalue weighted by Gasteiger charge is 2.11. The van der Waals surface area contributed by atoms with Crippen molar-refractivity contribution in [3.05, 3.63) is 52.2 Å². The van der Waals surface area contributed by atoms with Gasteiger partial charge in [-0.25, -0.2) is 0 Å². The number of benzene rings is 1. The zero-order valence-electron chi connectivity index (χ0n) is 12.3. The monoisotopic (exact) mass is 289 g/mol. The number of ether oxygens (including phenoxy) is 1. The van der Waals surface area contributed by atoms with Gasteiger partial charge in [0.15, 0.2) is 0 Å². The number of methoxy groups -OCH3 is 1. The zero-order chi connectivity index (χ0) is 14.2. The minimum Gasteiger partial charge on any atom is -0.497 e. The number of hydrogen-bond donors (Lipinski definition) is 1. The molecule has 1 aromatic carbocycles. The third kappa shape index (κ3) is 4.66. The van der Waals surface area contributed by atoms with Crippen molar-refractivity contribution in [2.24, 2.45) is 0 Å². The lowest BCUT2D eigenvalue weighted by Gasteiger charge is -2.18. The Kier molecular flexibility index (Phi) is 6.09. The Morgan fingerprint density at radius 3 is 2.80 bits per heavy atom. The summed E-state index contributed by atoms with van der Waals surface area (Å²) >= 11 is 1.84. The molecule has 20 heavy (non-hydrogen) atoms. The fraction of sp³-hybridized carbons (Fsp3) is 0.412. The highest BCUT2D eigenvalue weighted by Crippen LogP contribution is 2.17. The number of hydrogen-bond acceptors (Lipinski definition) is 3. The Balaban J connectivity index is 2.02. The maximum atomic E-state index is 5.31. The second-order valence-electron chi connectivity index (χ2n) is 4.99. The fourth-order valence-corrected chi connectivity index (χ4v) is 3.11. The Morgan fingerprint density at radius 1 is 1.20 bits per heavy atom. The first-order chi connectivity index (χ1) is 9.81. The van der Waals surface area contributed by atoms with Gasteiger partial charge in [0.1, 0.15) is 5.75 Å². The normalized spacial score (nSPS) is 12.3. The quantitative estimate of drug-likeness (QED) is 0.795. The molecule has 3 heteroatoms. The molecule has 0 saturated heterocycles. The van der Waals surface area contributed by atoms with Crippen molar-refractivity contribution in [2.75, 3.05) is 13.7 Å². The van der Waals surface area contributed by atoms with Gasteiger partial charge in [-0.1, -0.05) is 25.1 Å². The smallest absolute Gasteiger partial charge is 0.119 e. The summed E-state index contributed by atoms with van der Waals surface area (Å²) in [5.41, 5.74) is 1.33. The predicted octanol–water partition coefficient (Wildman–Crippen LogP) is 3.91. The third-order valence-electron chi connectivity index (χ3n) is 3.33. The summed E-state index contributed by atoms with van der Waals surface area (Å²) in [6.07, 6.45) is 3.29. The van der Waals surface area contributed by atoms with Gasteiger partial charge in [0, 0.05) is 10.9 Å². The Bertz CT molecular complexity index is 495. The average Bonchev–Trinajstić information content (AvgIpc) is 2.98. The van der Waals surface area contributed by atoms with Gasteiger partial charge in [-0.05, 0) is 54.9 Å². The molecule has 1 heterocycles. The van der Waals surface area contributed by atoms with Crippen LogP contribution in [-0.4, -0.2) is 19.7 Å². The van der Waals surface area contributed by atoms with Crippen LogP contribution in [0.2, 0.25) is 0 Å². The molecule has 0 aliphatic carbocycles. The summed E-state index contributed by atoms with van der Waals surface area (Å²) in [7, 11) is 1.72. The van der Waals surface area contributed by atoms with E-state index in [4.69, 9.17) is 4.74 Å². The van der Waals surface area contributed by atoms with E-state index in [9.17, 15) is 0 Å². The molecule has 0 fully saturated rings. The molecule has 108 valence electrons. The van der Waals surface area contributed by atoms with Crippen LogP contribution in [0.25, 0.3) is 0 Å². The van der Waals surface area contributed by atoms with Crippen LogP contribution in [0.3, 0.4) is 0 Å². The van der Waals surface area contributed by atoms with E-state index in [0.29, 0.717) is 6.04 Å². The highest BCUT2D eigenvalue weighted by molar-refractivity contribution is 7.09. The van der Waals surface area contributed by atoms with Gasteiger partial charge in [-0.3, -0.25) is 0 Å².